The van der Waals surface area contributed by atoms with Crippen molar-refractivity contribution in [1.29, 1.82) is 0 Å². The van der Waals surface area contributed by atoms with E-state index in [1.54, 1.807) is 0 Å². The highest BCUT2D eigenvalue weighted by molar-refractivity contribution is 5.57. The molecule has 0 heterocycles. The van der Waals surface area contributed by atoms with Crippen molar-refractivity contribution >= 4 is 6.29 Å². The van der Waals surface area contributed by atoms with Crippen LogP contribution >= 0.6 is 0 Å². The lowest BCUT2D eigenvalue weighted by Crippen LogP contribution is -2.20. The Morgan fingerprint density at radius 3 is 2.85 bits per heavy atom. The fourth-order valence-electron chi connectivity index (χ4n) is 3.01. The van der Waals surface area contributed by atoms with Crippen LogP contribution in [0.1, 0.15) is 32.6 Å². The van der Waals surface area contributed by atoms with Crippen LogP contribution in [0.15, 0.2) is 12.2 Å². The predicted molar refractivity (Wildman–Crippen MR) is 53.3 cm³/mol. The molecule has 2 rings (SSSR count). The van der Waals surface area contributed by atoms with Gasteiger partial charge in [0.25, 0.3) is 0 Å². The second-order valence-corrected chi connectivity index (χ2v) is 4.47. The molecule has 0 unspecified atom stereocenters. The third kappa shape index (κ3) is 1.45. The molecule has 0 N–H and O–H groups in total. The summed E-state index contributed by atoms with van der Waals surface area (Å²) in [5.74, 6) is 2.34. The molecule has 1 nitrogen and oxygen atoms in total. The van der Waals surface area contributed by atoms with Crippen molar-refractivity contribution in [3.8, 4) is 0 Å². The number of aldehydes is 1. The zero-order valence-corrected chi connectivity index (χ0v) is 8.28. The van der Waals surface area contributed by atoms with Crippen LogP contribution in [0, 0.1) is 23.7 Å². The van der Waals surface area contributed by atoms with Gasteiger partial charge < -0.3 is 4.79 Å². The van der Waals surface area contributed by atoms with Crippen molar-refractivity contribution in [3.05, 3.63) is 12.2 Å². The van der Waals surface area contributed by atoms with Crippen LogP contribution in [0.25, 0.3) is 0 Å². The van der Waals surface area contributed by atoms with Gasteiger partial charge in [-0.05, 0) is 30.6 Å². The molecule has 0 radical (unpaired) electrons. The number of carbonyl (C=O) groups excluding carboxylic acids is 1. The Morgan fingerprint density at radius 2 is 2.15 bits per heavy atom. The summed E-state index contributed by atoms with van der Waals surface area (Å²) in [6, 6.07) is 0. The van der Waals surface area contributed by atoms with Crippen molar-refractivity contribution < 1.29 is 4.79 Å². The van der Waals surface area contributed by atoms with E-state index < -0.39 is 0 Å². The van der Waals surface area contributed by atoms with E-state index in [1.807, 2.05) is 0 Å². The minimum atomic E-state index is 0.349. The Hall–Kier alpha value is -0.590. The molecular weight excluding hydrogens is 160 g/mol. The number of allylic oxidation sites excluding steroid dienone is 2. The first-order chi connectivity index (χ1) is 6.36. The quantitative estimate of drug-likeness (QED) is 0.478. The Labute approximate surface area is 80.2 Å². The highest BCUT2D eigenvalue weighted by atomic mass is 16.1. The molecule has 1 heteroatoms. The van der Waals surface area contributed by atoms with Crippen molar-refractivity contribution in [1.82, 2.24) is 0 Å². The maximum atomic E-state index is 10.9. The van der Waals surface area contributed by atoms with Gasteiger partial charge in [0, 0.05) is 5.92 Å². The van der Waals surface area contributed by atoms with Gasteiger partial charge in [-0.2, -0.15) is 0 Å². The summed E-state index contributed by atoms with van der Waals surface area (Å²) in [5, 5.41) is 0. The maximum Gasteiger partial charge on any atom is 0.123 e. The summed E-state index contributed by atoms with van der Waals surface area (Å²) in [7, 11) is 0. The van der Waals surface area contributed by atoms with Crippen molar-refractivity contribution in [2.75, 3.05) is 0 Å². The Kier molecular flexibility index (Phi) is 2.52. The van der Waals surface area contributed by atoms with Gasteiger partial charge in [0.05, 0.1) is 0 Å². The summed E-state index contributed by atoms with van der Waals surface area (Å²) in [6.45, 7) is 2.22. The molecule has 1 fully saturated rings. The minimum absolute atomic E-state index is 0.349. The smallest absolute Gasteiger partial charge is 0.123 e. The zero-order valence-electron chi connectivity index (χ0n) is 8.28. The number of fused-ring (bicyclic) bond motifs is 2. The topological polar surface area (TPSA) is 17.1 Å². The van der Waals surface area contributed by atoms with Crippen LogP contribution in [-0.2, 0) is 4.79 Å². The lowest BCUT2D eigenvalue weighted by Gasteiger charge is -2.23. The lowest BCUT2D eigenvalue weighted by atomic mass is 9.81. The Balaban J connectivity index is 2.01. The fourth-order valence-corrected chi connectivity index (χ4v) is 3.01. The molecule has 0 aromatic rings. The van der Waals surface area contributed by atoms with E-state index in [0.717, 1.165) is 5.92 Å². The van der Waals surface area contributed by atoms with Gasteiger partial charge in [-0.1, -0.05) is 31.9 Å². The molecule has 0 aliphatic heterocycles. The second-order valence-electron chi connectivity index (χ2n) is 4.47. The molecule has 2 bridgehead atoms. The second kappa shape index (κ2) is 3.65. The highest BCUT2D eigenvalue weighted by Crippen LogP contribution is 2.48. The van der Waals surface area contributed by atoms with Gasteiger partial charge in [-0.25, -0.2) is 0 Å². The largest absolute Gasteiger partial charge is 0.303 e. The van der Waals surface area contributed by atoms with Gasteiger partial charge in [0.15, 0.2) is 0 Å². The van der Waals surface area contributed by atoms with Crippen LogP contribution in [0.2, 0.25) is 0 Å². The molecule has 0 aromatic carbocycles. The SMILES string of the molecule is CCCC[C@H]1[C@H](C=O)[C@H]2C=C[C@@H]1C2. The summed E-state index contributed by atoms with van der Waals surface area (Å²) in [4.78, 5) is 10.9. The van der Waals surface area contributed by atoms with Gasteiger partial charge in [0.1, 0.15) is 6.29 Å². The Bertz CT molecular complexity index is 219. The van der Waals surface area contributed by atoms with Gasteiger partial charge in [-0.15, -0.1) is 0 Å². The first-order valence-electron chi connectivity index (χ1n) is 5.50. The van der Waals surface area contributed by atoms with Crippen LogP contribution in [0.5, 0.6) is 0 Å². The molecule has 72 valence electrons. The molecule has 0 saturated heterocycles. The number of carbonyl (C=O) groups is 1. The van der Waals surface area contributed by atoms with Crippen LogP contribution in [-0.4, -0.2) is 6.29 Å². The van der Waals surface area contributed by atoms with Gasteiger partial charge in [0.2, 0.25) is 0 Å². The maximum absolute atomic E-state index is 10.9. The van der Waals surface area contributed by atoms with Gasteiger partial charge >= 0.3 is 0 Å². The van der Waals surface area contributed by atoms with Crippen LogP contribution in [0.4, 0.5) is 0 Å². The van der Waals surface area contributed by atoms with E-state index >= 15 is 0 Å². The molecule has 4 atom stereocenters. The zero-order chi connectivity index (χ0) is 9.26. The fraction of sp³-hybridized carbons (Fsp3) is 0.750. The molecule has 2 aliphatic carbocycles. The van der Waals surface area contributed by atoms with Crippen molar-refractivity contribution in [2.45, 2.75) is 32.6 Å². The summed E-state index contributed by atoms with van der Waals surface area (Å²) in [5.41, 5.74) is 0. The van der Waals surface area contributed by atoms with E-state index in [-0.39, 0.29) is 0 Å². The first kappa shape index (κ1) is 8.98. The van der Waals surface area contributed by atoms with Crippen LogP contribution in [0.3, 0.4) is 0 Å². The van der Waals surface area contributed by atoms with E-state index in [4.69, 9.17) is 0 Å². The third-order valence-corrected chi connectivity index (χ3v) is 3.74. The van der Waals surface area contributed by atoms with Crippen LogP contribution < -0.4 is 0 Å². The third-order valence-electron chi connectivity index (χ3n) is 3.74. The normalized spacial score (nSPS) is 41.3. The van der Waals surface area contributed by atoms with E-state index in [1.165, 1.54) is 32.0 Å². The number of rotatable bonds is 4. The molecule has 13 heavy (non-hydrogen) atoms. The Morgan fingerprint density at radius 1 is 1.38 bits per heavy atom. The summed E-state index contributed by atoms with van der Waals surface area (Å²) in [6.07, 6.45) is 10.8. The number of hydrogen-bond acceptors (Lipinski definition) is 1. The molecular formula is C12H18O. The monoisotopic (exact) mass is 178 g/mol. The van der Waals surface area contributed by atoms with Gasteiger partial charge in [-0.3, -0.25) is 0 Å². The lowest BCUT2D eigenvalue weighted by molar-refractivity contribution is -0.113. The average Bonchev–Trinajstić information content (AvgIpc) is 2.73. The summed E-state index contributed by atoms with van der Waals surface area (Å²) < 4.78 is 0. The minimum Gasteiger partial charge on any atom is -0.303 e. The molecule has 1 saturated carbocycles. The standard InChI is InChI=1S/C12H18O/c1-2-3-4-11-9-5-6-10(7-9)12(11)8-13/h5-6,8-12H,2-4,7H2,1H3/t9-,10+,11-,12-/m1/s1. The molecule has 2 aliphatic rings. The molecule has 0 aromatic heterocycles. The van der Waals surface area contributed by atoms with E-state index in [2.05, 4.69) is 19.1 Å². The first-order valence-corrected chi connectivity index (χ1v) is 5.50. The van der Waals surface area contributed by atoms with Crippen molar-refractivity contribution in [3.63, 3.8) is 0 Å². The molecule has 0 spiro atoms. The van der Waals surface area contributed by atoms with E-state index in [0.29, 0.717) is 17.8 Å². The number of hydrogen-bond donors (Lipinski definition) is 0. The predicted octanol–water partition coefficient (Wildman–Crippen LogP) is 2.81. The van der Waals surface area contributed by atoms with E-state index in [9.17, 15) is 4.79 Å². The highest BCUT2D eigenvalue weighted by Gasteiger charge is 2.43. The number of unbranched alkanes of at least 4 members (excludes halogenated alkanes) is 1. The summed E-state index contributed by atoms with van der Waals surface area (Å²) >= 11 is 0. The molecule has 0 amide bonds. The average molecular weight is 178 g/mol. The van der Waals surface area contributed by atoms with Crippen molar-refractivity contribution in [2.24, 2.45) is 23.7 Å².